The van der Waals surface area contributed by atoms with E-state index in [0.29, 0.717) is 31.4 Å². The largest absolute Gasteiger partial charge is 0.489 e. The molecule has 2 N–H and O–H groups in total. The topological polar surface area (TPSA) is 74.7 Å². The summed E-state index contributed by atoms with van der Waals surface area (Å²) in [5.41, 5.74) is 11.9. The van der Waals surface area contributed by atoms with E-state index in [1.165, 1.54) is 25.7 Å². The molecule has 0 bridgehead atoms. The molecule has 186 valence electrons. The number of hydrogen-bond donors (Lipinski definition) is 1. The molecule has 0 amide bonds. The minimum Gasteiger partial charge on any atom is -0.489 e. The fourth-order valence-corrected chi connectivity index (χ4v) is 5.13. The Kier molecular flexibility index (Phi) is 7.38. The molecule has 5 rings (SSSR count). The second kappa shape index (κ2) is 11.0. The van der Waals surface area contributed by atoms with Gasteiger partial charge in [-0.25, -0.2) is 0 Å². The van der Waals surface area contributed by atoms with Crippen LogP contribution in [-0.2, 0) is 29.1 Å². The van der Waals surface area contributed by atoms with Gasteiger partial charge in [-0.3, -0.25) is 4.79 Å². The van der Waals surface area contributed by atoms with Crippen molar-refractivity contribution in [2.75, 3.05) is 6.61 Å². The molecule has 0 spiro atoms. The molecule has 1 fully saturated rings. The highest BCUT2D eigenvalue weighted by molar-refractivity contribution is 5.93. The third-order valence-electron chi connectivity index (χ3n) is 6.93. The molecular weight excluding hydrogens is 450 g/mol. The number of furan rings is 1. The molecule has 4 aromatic rings. The molecule has 3 aromatic carbocycles. The van der Waals surface area contributed by atoms with Crippen LogP contribution in [0.25, 0.3) is 22.1 Å². The van der Waals surface area contributed by atoms with E-state index in [1.807, 2.05) is 43.3 Å². The van der Waals surface area contributed by atoms with Gasteiger partial charge in [-0.2, -0.15) is 0 Å². The molecule has 0 radical (unpaired) electrons. The zero-order chi connectivity index (χ0) is 24.9. The van der Waals surface area contributed by atoms with Gasteiger partial charge in [0.2, 0.25) is 0 Å². The first-order valence-corrected chi connectivity index (χ1v) is 12.9. The van der Waals surface area contributed by atoms with Crippen LogP contribution in [0.4, 0.5) is 0 Å². The van der Waals surface area contributed by atoms with Crippen LogP contribution in [0.2, 0.25) is 0 Å². The average molecular weight is 484 g/mol. The highest BCUT2D eigenvalue weighted by Gasteiger charge is 2.22. The number of ether oxygens (including phenoxy) is 2. The molecule has 5 nitrogen and oxygen atoms in total. The Morgan fingerprint density at radius 1 is 1.00 bits per heavy atom. The molecular formula is C31H33NO4. The van der Waals surface area contributed by atoms with E-state index in [2.05, 4.69) is 30.3 Å². The quantitative estimate of drug-likeness (QED) is 0.262. The van der Waals surface area contributed by atoms with Gasteiger partial charge in [0.25, 0.3) is 0 Å². The average Bonchev–Trinajstić information content (AvgIpc) is 3.58. The van der Waals surface area contributed by atoms with Gasteiger partial charge in [0.1, 0.15) is 23.7 Å². The third kappa shape index (κ3) is 5.31. The van der Waals surface area contributed by atoms with Crippen molar-refractivity contribution in [3.8, 4) is 16.9 Å². The van der Waals surface area contributed by atoms with Crippen LogP contribution in [0.5, 0.6) is 5.75 Å². The molecule has 0 atom stereocenters. The number of hydrogen-bond acceptors (Lipinski definition) is 5. The Morgan fingerprint density at radius 2 is 1.83 bits per heavy atom. The van der Waals surface area contributed by atoms with Crippen LogP contribution in [0.15, 0.2) is 71.1 Å². The van der Waals surface area contributed by atoms with E-state index in [9.17, 15) is 4.79 Å². The molecule has 1 heterocycles. The van der Waals surface area contributed by atoms with Crippen molar-refractivity contribution in [2.24, 2.45) is 5.73 Å². The Bertz CT molecular complexity index is 1350. The Morgan fingerprint density at radius 3 is 2.64 bits per heavy atom. The number of benzene rings is 3. The van der Waals surface area contributed by atoms with Gasteiger partial charge in [0, 0.05) is 29.0 Å². The second-order valence-electron chi connectivity index (χ2n) is 9.47. The van der Waals surface area contributed by atoms with Crippen LogP contribution >= 0.6 is 0 Å². The van der Waals surface area contributed by atoms with Gasteiger partial charge < -0.3 is 19.6 Å². The standard InChI is InChI=1S/C31H33NO4/c1-2-34-30(33)18-25-11-5-6-13-28(25)35-20-22-15-26-17-29(23-9-3-4-10-23)36-31(26)27(16-22)24-12-7-8-21(14-24)19-32/h5-8,11-17,23H,2-4,9-10,18-20,32H2,1H3. The van der Waals surface area contributed by atoms with E-state index in [4.69, 9.17) is 19.6 Å². The summed E-state index contributed by atoms with van der Waals surface area (Å²) in [7, 11) is 0. The third-order valence-corrected chi connectivity index (χ3v) is 6.93. The van der Waals surface area contributed by atoms with Crippen molar-refractivity contribution in [3.63, 3.8) is 0 Å². The van der Waals surface area contributed by atoms with Crippen molar-refractivity contribution >= 4 is 16.9 Å². The maximum absolute atomic E-state index is 12.1. The van der Waals surface area contributed by atoms with Gasteiger partial charge in [0.15, 0.2) is 0 Å². The number of esters is 1. The maximum atomic E-state index is 12.1. The summed E-state index contributed by atoms with van der Waals surface area (Å²) in [6, 6.07) is 22.5. The second-order valence-corrected chi connectivity index (χ2v) is 9.47. The van der Waals surface area contributed by atoms with E-state index < -0.39 is 0 Å². The number of rotatable bonds is 9. The minimum atomic E-state index is -0.255. The number of carbonyl (C=O) groups excluding carboxylic acids is 1. The van der Waals surface area contributed by atoms with Gasteiger partial charge in [-0.05, 0) is 66.8 Å². The maximum Gasteiger partial charge on any atom is 0.310 e. The fraction of sp³-hybridized carbons (Fsp3) is 0.323. The van der Waals surface area contributed by atoms with Crippen molar-refractivity contribution in [3.05, 3.63) is 89.2 Å². The molecule has 0 aliphatic heterocycles. The summed E-state index contributed by atoms with van der Waals surface area (Å²) in [6.45, 7) is 3.04. The summed E-state index contributed by atoms with van der Waals surface area (Å²) in [5, 5.41) is 1.09. The van der Waals surface area contributed by atoms with Crippen molar-refractivity contribution in [1.82, 2.24) is 0 Å². The highest BCUT2D eigenvalue weighted by Crippen LogP contribution is 2.40. The van der Waals surface area contributed by atoms with Gasteiger partial charge in [-0.1, -0.05) is 49.2 Å². The monoisotopic (exact) mass is 483 g/mol. The highest BCUT2D eigenvalue weighted by atomic mass is 16.5. The van der Waals surface area contributed by atoms with E-state index >= 15 is 0 Å². The first-order valence-electron chi connectivity index (χ1n) is 12.9. The molecule has 5 heteroatoms. The van der Waals surface area contributed by atoms with Crippen LogP contribution in [0.3, 0.4) is 0 Å². The van der Waals surface area contributed by atoms with E-state index in [0.717, 1.165) is 44.5 Å². The number of nitrogens with two attached hydrogens (primary N) is 1. The zero-order valence-electron chi connectivity index (χ0n) is 20.8. The van der Waals surface area contributed by atoms with Crippen LogP contribution in [0, 0.1) is 0 Å². The first-order chi connectivity index (χ1) is 17.6. The SMILES string of the molecule is CCOC(=O)Cc1ccccc1OCc1cc(-c2cccc(CN)c2)c2oc(C3CCCC3)cc2c1. The lowest BCUT2D eigenvalue weighted by molar-refractivity contribution is -0.142. The summed E-state index contributed by atoms with van der Waals surface area (Å²) in [5.74, 6) is 2.01. The molecule has 36 heavy (non-hydrogen) atoms. The summed E-state index contributed by atoms with van der Waals surface area (Å²) >= 11 is 0. The normalized spacial score (nSPS) is 13.8. The smallest absolute Gasteiger partial charge is 0.310 e. The fourth-order valence-electron chi connectivity index (χ4n) is 5.13. The first kappa shape index (κ1) is 24.1. The number of fused-ring (bicyclic) bond motifs is 1. The zero-order valence-corrected chi connectivity index (χ0v) is 20.8. The molecule has 1 aliphatic rings. The van der Waals surface area contributed by atoms with Crippen LogP contribution in [0.1, 0.15) is 61.0 Å². The predicted molar refractivity (Wildman–Crippen MR) is 142 cm³/mol. The van der Waals surface area contributed by atoms with E-state index in [1.54, 1.807) is 0 Å². The molecule has 1 aliphatic carbocycles. The van der Waals surface area contributed by atoms with Gasteiger partial charge in [0.05, 0.1) is 13.0 Å². The lowest BCUT2D eigenvalue weighted by atomic mass is 9.98. The predicted octanol–water partition coefficient (Wildman–Crippen LogP) is 6.90. The van der Waals surface area contributed by atoms with Crippen molar-refractivity contribution < 1.29 is 18.7 Å². The molecule has 1 saturated carbocycles. The Hall–Kier alpha value is -3.57. The summed E-state index contributed by atoms with van der Waals surface area (Å²) < 4.78 is 17.9. The van der Waals surface area contributed by atoms with Crippen molar-refractivity contribution in [2.45, 2.75) is 58.1 Å². The minimum absolute atomic E-state index is 0.187. The Labute approximate surface area is 212 Å². The Balaban J connectivity index is 1.48. The lowest BCUT2D eigenvalue weighted by Gasteiger charge is -2.13. The molecule has 0 saturated heterocycles. The summed E-state index contributed by atoms with van der Waals surface area (Å²) in [4.78, 5) is 12.1. The van der Waals surface area contributed by atoms with Crippen LogP contribution in [-0.4, -0.2) is 12.6 Å². The van der Waals surface area contributed by atoms with Crippen molar-refractivity contribution in [1.29, 1.82) is 0 Å². The van der Waals surface area contributed by atoms with Gasteiger partial charge in [-0.15, -0.1) is 0 Å². The van der Waals surface area contributed by atoms with E-state index in [-0.39, 0.29) is 12.4 Å². The lowest BCUT2D eigenvalue weighted by Crippen LogP contribution is -2.09. The molecule has 1 aromatic heterocycles. The van der Waals surface area contributed by atoms with Gasteiger partial charge >= 0.3 is 5.97 Å². The number of carbonyl (C=O) groups is 1. The number of para-hydroxylation sites is 1. The summed E-state index contributed by atoms with van der Waals surface area (Å²) in [6.07, 6.45) is 5.08. The molecule has 0 unspecified atom stereocenters. The van der Waals surface area contributed by atoms with Crippen LogP contribution < -0.4 is 10.5 Å².